The van der Waals surface area contributed by atoms with Gasteiger partial charge in [0.15, 0.2) is 0 Å². The van der Waals surface area contributed by atoms with E-state index in [4.69, 9.17) is 4.74 Å². The number of esters is 2. The molecule has 0 aliphatic carbocycles. The lowest BCUT2D eigenvalue weighted by molar-refractivity contribution is -0.140. The number of carbonyl (C=O) groups is 2. The Bertz CT molecular complexity index is 367. The SMILES string of the molecule is COC(=O)CCc1ccc(OC(C)=O)cc1. The topological polar surface area (TPSA) is 52.6 Å². The summed E-state index contributed by atoms with van der Waals surface area (Å²) in [5.74, 6) is -0.0688. The second-order valence-electron chi connectivity index (χ2n) is 3.31. The van der Waals surface area contributed by atoms with Crippen LogP contribution in [0.3, 0.4) is 0 Å². The van der Waals surface area contributed by atoms with E-state index in [0.29, 0.717) is 18.6 Å². The molecule has 0 unspecified atom stereocenters. The monoisotopic (exact) mass is 222 g/mol. The second-order valence-corrected chi connectivity index (χ2v) is 3.31. The Labute approximate surface area is 94.2 Å². The molecule has 0 spiro atoms. The molecule has 0 saturated heterocycles. The van der Waals surface area contributed by atoms with E-state index in [1.54, 1.807) is 12.1 Å². The molecule has 16 heavy (non-hydrogen) atoms. The first kappa shape index (κ1) is 12.2. The highest BCUT2D eigenvalue weighted by Gasteiger charge is 2.02. The molecule has 4 heteroatoms. The zero-order valence-electron chi connectivity index (χ0n) is 9.36. The molecule has 0 aromatic heterocycles. The molecule has 0 radical (unpaired) electrons. The van der Waals surface area contributed by atoms with Crippen molar-refractivity contribution >= 4 is 11.9 Å². The van der Waals surface area contributed by atoms with Crippen molar-refractivity contribution in [3.05, 3.63) is 29.8 Å². The third kappa shape index (κ3) is 4.13. The van der Waals surface area contributed by atoms with Crippen LogP contribution in [0.2, 0.25) is 0 Å². The highest BCUT2D eigenvalue weighted by Crippen LogP contribution is 2.13. The highest BCUT2D eigenvalue weighted by atomic mass is 16.5. The van der Waals surface area contributed by atoms with Crippen molar-refractivity contribution in [2.24, 2.45) is 0 Å². The van der Waals surface area contributed by atoms with Crippen molar-refractivity contribution in [2.75, 3.05) is 7.11 Å². The van der Waals surface area contributed by atoms with Crippen molar-refractivity contribution in [3.8, 4) is 5.75 Å². The predicted octanol–water partition coefficient (Wildman–Crippen LogP) is 1.72. The average Bonchev–Trinajstić information content (AvgIpc) is 2.27. The van der Waals surface area contributed by atoms with Gasteiger partial charge < -0.3 is 9.47 Å². The van der Waals surface area contributed by atoms with E-state index in [1.165, 1.54) is 14.0 Å². The number of benzene rings is 1. The number of hydrogen-bond acceptors (Lipinski definition) is 4. The van der Waals surface area contributed by atoms with E-state index < -0.39 is 0 Å². The van der Waals surface area contributed by atoms with Crippen LogP contribution in [0.15, 0.2) is 24.3 Å². The summed E-state index contributed by atoms with van der Waals surface area (Å²) in [5.41, 5.74) is 1.00. The van der Waals surface area contributed by atoms with E-state index in [1.807, 2.05) is 12.1 Å². The molecule has 0 amide bonds. The normalized spacial score (nSPS) is 9.62. The van der Waals surface area contributed by atoms with Crippen LogP contribution in [0.5, 0.6) is 5.75 Å². The van der Waals surface area contributed by atoms with Gasteiger partial charge in [0.1, 0.15) is 5.75 Å². The second kappa shape index (κ2) is 5.90. The maximum Gasteiger partial charge on any atom is 0.308 e. The van der Waals surface area contributed by atoms with Crippen LogP contribution in [-0.2, 0) is 20.7 Å². The molecule has 0 aliphatic heterocycles. The van der Waals surface area contributed by atoms with Crippen molar-refractivity contribution in [3.63, 3.8) is 0 Å². The number of ether oxygens (including phenoxy) is 2. The van der Waals surface area contributed by atoms with E-state index in [0.717, 1.165) is 5.56 Å². The van der Waals surface area contributed by atoms with Crippen LogP contribution in [0.1, 0.15) is 18.9 Å². The number of hydrogen-bond donors (Lipinski definition) is 0. The van der Waals surface area contributed by atoms with Crippen LogP contribution in [0, 0.1) is 0 Å². The lowest BCUT2D eigenvalue weighted by Crippen LogP contribution is -2.03. The number of aryl methyl sites for hydroxylation is 1. The van der Waals surface area contributed by atoms with Gasteiger partial charge >= 0.3 is 11.9 Å². The molecule has 1 rings (SSSR count). The first-order valence-electron chi connectivity index (χ1n) is 4.96. The molecule has 0 atom stereocenters. The fourth-order valence-electron chi connectivity index (χ4n) is 1.24. The fraction of sp³-hybridized carbons (Fsp3) is 0.333. The number of carbonyl (C=O) groups excluding carboxylic acids is 2. The summed E-state index contributed by atoms with van der Waals surface area (Å²) in [7, 11) is 1.37. The molecule has 0 heterocycles. The van der Waals surface area contributed by atoms with Crippen molar-refractivity contribution in [1.82, 2.24) is 0 Å². The molecule has 0 saturated carbocycles. The minimum absolute atomic E-state index is 0.232. The van der Waals surface area contributed by atoms with Crippen LogP contribution in [0.4, 0.5) is 0 Å². The summed E-state index contributed by atoms with van der Waals surface area (Å²) in [6.07, 6.45) is 0.969. The van der Waals surface area contributed by atoms with Gasteiger partial charge in [-0.1, -0.05) is 12.1 Å². The van der Waals surface area contributed by atoms with Crippen LogP contribution in [0.25, 0.3) is 0 Å². The fourth-order valence-corrected chi connectivity index (χ4v) is 1.24. The van der Waals surface area contributed by atoms with Crippen molar-refractivity contribution < 1.29 is 19.1 Å². The third-order valence-electron chi connectivity index (χ3n) is 2.03. The summed E-state index contributed by atoms with van der Waals surface area (Å²) in [4.78, 5) is 21.6. The van der Waals surface area contributed by atoms with Crippen LogP contribution >= 0.6 is 0 Å². The molecule has 86 valence electrons. The summed E-state index contributed by atoms with van der Waals surface area (Å²) >= 11 is 0. The Morgan fingerprint density at radius 2 is 1.81 bits per heavy atom. The molecular weight excluding hydrogens is 208 g/mol. The molecule has 0 aliphatic rings. The highest BCUT2D eigenvalue weighted by molar-refractivity contribution is 5.70. The van der Waals surface area contributed by atoms with Gasteiger partial charge in [-0.25, -0.2) is 0 Å². The summed E-state index contributed by atoms with van der Waals surface area (Å²) in [6.45, 7) is 1.35. The van der Waals surface area contributed by atoms with E-state index in [2.05, 4.69) is 4.74 Å². The van der Waals surface area contributed by atoms with Gasteiger partial charge in [-0.3, -0.25) is 9.59 Å². The van der Waals surface area contributed by atoms with E-state index in [9.17, 15) is 9.59 Å². The Morgan fingerprint density at radius 3 is 2.31 bits per heavy atom. The standard InChI is InChI=1S/C12H14O4/c1-9(13)16-11-6-3-10(4-7-11)5-8-12(14)15-2/h3-4,6-7H,5,8H2,1-2H3. The van der Waals surface area contributed by atoms with Crippen molar-refractivity contribution in [1.29, 1.82) is 0 Å². The third-order valence-corrected chi connectivity index (χ3v) is 2.03. The first-order chi connectivity index (χ1) is 7.61. The smallest absolute Gasteiger partial charge is 0.308 e. The maximum atomic E-state index is 10.9. The Kier molecular flexibility index (Phi) is 4.51. The van der Waals surface area contributed by atoms with Gasteiger partial charge in [0, 0.05) is 13.3 Å². The molecule has 1 aromatic carbocycles. The molecule has 0 fully saturated rings. The zero-order chi connectivity index (χ0) is 12.0. The Hall–Kier alpha value is -1.84. The summed E-state index contributed by atoms with van der Waals surface area (Å²) < 4.78 is 9.43. The molecule has 4 nitrogen and oxygen atoms in total. The largest absolute Gasteiger partial charge is 0.469 e. The summed E-state index contributed by atoms with van der Waals surface area (Å²) in [6, 6.07) is 7.05. The van der Waals surface area contributed by atoms with Gasteiger partial charge in [-0.15, -0.1) is 0 Å². The minimum atomic E-state index is -0.345. The van der Waals surface area contributed by atoms with Gasteiger partial charge in [-0.05, 0) is 24.1 Å². The first-order valence-corrected chi connectivity index (χ1v) is 4.96. The zero-order valence-corrected chi connectivity index (χ0v) is 9.36. The quantitative estimate of drug-likeness (QED) is 0.575. The Morgan fingerprint density at radius 1 is 1.19 bits per heavy atom. The molecule has 0 bridgehead atoms. The van der Waals surface area contributed by atoms with Gasteiger partial charge in [0.25, 0.3) is 0 Å². The molecule has 0 N–H and O–H groups in total. The minimum Gasteiger partial charge on any atom is -0.469 e. The average molecular weight is 222 g/mol. The predicted molar refractivity (Wildman–Crippen MR) is 58.1 cm³/mol. The van der Waals surface area contributed by atoms with Crippen LogP contribution in [-0.4, -0.2) is 19.0 Å². The van der Waals surface area contributed by atoms with E-state index >= 15 is 0 Å². The van der Waals surface area contributed by atoms with Gasteiger partial charge in [0.05, 0.1) is 7.11 Å². The molecular formula is C12H14O4. The van der Waals surface area contributed by atoms with Crippen LogP contribution < -0.4 is 4.74 Å². The van der Waals surface area contributed by atoms with Gasteiger partial charge in [0.2, 0.25) is 0 Å². The van der Waals surface area contributed by atoms with E-state index in [-0.39, 0.29) is 11.9 Å². The summed E-state index contributed by atoms with van der Waals surface area (Å²) in [5, 5.41) is 0. The number of methoxy groups -OCH3 is 1. The van der Waals surface area contributed by atoms with Gasteiger partial charge in [-0.2, -0.15) is 0 Å². The lowest BCUT2D eigenvalue weighted by Gasteiger charge is -2.03. The van der Waals surface area contributed by atoms with Crippen molar-refractivity contribution in [2.45, 2.75) is 19.8 Å². The Balaban J connectivity index is 2.51. The lowest BCUT2D eigenvalue weighted by atomic mass is 10.1. The number of rotatable bonds is 4. The maximum absolute atomic E-state index is 10.9. The molecule has 1 aromatic rings.